The fraction of sp³-hybridized carbons (Fsp3) is 0.200. The van der Waals surface area contributed by atoms with Crippen LogP contribution in [0.3, 0.4) is 0 Å². The van der Waals surface area contributed by atoms with Crippen LogP contribution in [0.15, 0.2) is 61.2 Å². The molecule has 2 rings (SSSR count). The van der Waals surface area contributed by atoms with Gasteiger partial charge in [0, 0.05) is 25.2 Å². The van der Waals surface area contributed by atoms with Gasteiger partial charge in [-0.2, -0.15) is 0 Å². The van der Waals surface area contributed by atoms with E-state index in [2.05, 4.69) is 11.9 Å². The van der Waals surface area contributed by atoms with Gasteiger partial charge >= 0.3 is 11.9 Å². The van der Waals surface area contributed by atoms with Crippen LogP contribution in [0.5, 0.6) is 11.5 Å². The zero-order valence-corrected chi connectivity index (χ0v) is 14.6. The maximum Gasteiger partial charge on any atom is 0.343 e. The SMILES string of the molecule is C=CC(=O)OCCCOc1ccc(C(=O)Oc2ccc(NC)cc2)cc1. The molecule has 0 aromatic heterocycles. The summed E-state index contributed by atoms with van der Waals surface area (Å²) in [7, 11) is 1.82. The van der Waals surface area contributed by atoms with Gasteiger partial charge in [0.25, 0.3) is 0 Å². The molecule has 2 aromatic carbocycles. The fourth-order valence-electron chi connectivity index (χ4n) is 2.02. The van der Waals surface area contributed by atoms with Crippen LogP contribution in [0.2, 0.25) is 0 Å². The average molecular weight is 355 g/mol. The van der Waals surface area contributed by atoms with E-state index in [1.165, 1.54) is 0 Å². The Morgan fingerprint density at radius 1 is 1.00 bits per heavy atom. The molecule has 0 aliphatic carbocycles. The normalized spacial score (nSPS) is 9.88. The second-order valence-corrected chi connectivity index (χ2v) is 5.26. The molecule has 0 saturated heterocycles. The van der Waals surface area contributed by atoms with Gasteiger partial charge in [0.2, 0.25) is 0 Å². The molecular weight excluding hydrogens is 334 g/mol. The van der Waals surface area contributed by atoms with E-state index >= 15 is 0 Å². The van der Waals surface area contributed by atoms with Crippen LogP contribution in [0.4, 0.5) is 5.69 Å². The summed E-state index contributed by atoms with van der Waals surface area (Å²) >= 11 is 0. The molecular formula is C20H21NO5. The number of benzene rings is 2. The Kier molecular flexibility index (Phi) is 7.24. The summed E-state index contributed by atoms with van der Waals surface area (Å²) in [5.41, 5.74) is 1.36. The predicted octanol–water partition coefficient (Wildman–Crippen LogP) is 3.45. The number of nitrogens with one attached hydrogen (secondary N) is 1. The molecule has 0 radical (unpaired) electrons. The van der Waals surface area contributed by atoms with E-state index in [4.69, 9.17) is 14.2 Å². The summed E-state index contributed by atoms with van der Waals surface area (Å²) in [6.07, 6.45) is 1.68. The van der Waals surface area contributed by atoms with Gasteiger partial charge < -0.3 is 19.5 Å². The van der Waals surface area contributed by atoms with Gasteiger partial charge in [0.1, 0.15) is 11.5 Å². The largest absolute Gasteiger partial charge is 0.493 e. The monoisotopic (exact) mass is 355 g/mol. The van der Waals surface area contributed by atoms with Gasteiger partial charge in [-0.25, -0.2) is 9.59 Å². The highest BCUT2D eigenvalue weighted by atomic mass is 16.5. The number of ether oxygens (including phenoxy) is 3. The maximum absolute atomic E-state index is 12.1. The molecule has 0 saturated carbocycles. The number of hydrogen-bond acceptors (Lipinski definition) is 6. The number of hydrogen-bond donors (Lipinski definition) is 1. The third-order valence-corrected chi connectivity index (χ3v) is 3.41. The Labute approximate surface area is 152 Å². The van der Waals surface area contributed by atoms with Crippen molar-refractivity contribution in [3.8, 4) is 11.5 Å². The van der Waals surface area contributed by atoms with Crippen LogP contribution < -0.4 is 14.8 Å². The van der Waals surface area contributed by atoms with Crippen molar-refractivity contribution < 1.29 is 23.8 Å². The van der Waals surface area contributed by atoms with Crippen LogP contribution in [0, 0.1) is 0 Å². The Bertz CT molecular complexity index is 738. The molecule has 0 spiro atoms. The van der Waals surface area contributed by atoms with Crippen molar-refractivity contribution in [1.29, 1.82) is 0 Å². The molecule has 0 aliphatic heterocycles. The van der Waals surface area contributed by atoms with Gasteiger partial charge in [-0.15, -0.1) is 0 Å². The first-order chi connectivity index (χ1) is 12.6. The summed E-state index contributed by atoms with van der Waals surface area (Å²) in [5, 5.41) is 3.00. The van der Waals surface area contributed by atoms with Crippen LogP contribution >= 0.6 is 0 Å². The van der Waals surface area contributed by atoms with Crippen molar-refractivity contribution in [1.82, 2.24) is 0 Å². The molecule has 26 heavy (non-hydrogen) atoms. The van der Waals surface area contributed by atoms with Gasteiger partial charge in [-0.1, -0.05) is 6.58 Å². The fourth-order valence-corrected chi connectivity index (χ4v) is 2.02. The number of anilines is 1. The van der Waals surface area contributed by atoms with Crippen LogP contribution in [-0.2, 0) is 9.53 Å². The second kappa shape index (κ2) is 9.88. The summed E-state index contributed by atoms with van der Waals surface area (Å²) in [6, 6.07) is 13.8. The van der Waals surface area contributed by atoms with Crippen molar-refractivity contribution in [2.24, 2.45) is 0 Å². The van der Waals surface area contributed by atoms with Gasteiger partial charge in [-0.05, 0) is 48.5 Å². The van der Waals surface area contributed by atoms with Crippen molar-refractivity contribution in [2.75, 3.05) is 25.6 Å². The smallest absolute Gasteiger partial charge is 0.343 e. The van der Waals surface area contributed by atoms with Crippen molar-refractivity contribution in [2.45, 2.75) is 6.42 Å². The molecule has 0 atom stereocenters. The van der Waals surface area contributed by atoms with E-state index in [-0.39, 0.29) is 6.61 Å². The minimum Gasteiger partial charge on any atom is -0.493 e. The minimum atomic E-state index is -0.450. The first kappa shape index (κ1) is 19.1. The molecule has 1 N–H and O–H groups in total. The molecule has 0 bridgehead atoms. The van der Waals surface area contributed by atoms with E-state index in [1.54, 1.807) is 36.4 Å². The summed E-state index contributed by atoms with van der Waals surface area (Å²) in [4.78, 5) is 23.0. The molecule has 136 valence electrons. The van der Waals surface area contributed by atoms with Crippen molar-refractivity contribution in [3.63, 3.8) is 0 Å². The lowest BCUT2D eigenvalue weighted by Gasteiger charge is -2.08. The Morgan fingerprint density at radius 3 is 2.27 bits per heavy atom. The quantitative estimate of drug-likeness (QED) is 0.321. The topological polar surface area (TPSA) is 73.9 Å². The summed E-state index contributed by atoms with van der Waals surface area (Å²) in [5.74, 6) is 0.205. The molecule has 0 fully saturated rings. The Morgan fingerprint density at radius 2 is 1.65 bits per heavy atom. The lowest BCUT2D eigenvalue weighted by atomic mass is 10.2. The van der Waals surface area contributed by atoms with Crippen molar-refractivity contribution >= 4 is 17.6 Å². The van der Waals surface area contributed by atoms with E-state index in [0.29, 0.717) is 30.1 Å². The zero-order chi connectivity index (χ0) is 18.8. The molecule has 0 unspecified atom stereocenters. The number of carbonyl (C=O) groups is 2. The maximum atomic E-state index is 12.1. The number of rotatable bonds is 9. The Balaban J connectivity index is 1.79. The predicted molar refractivity (Wildman–Crippen MR) is 98.7 cm³/mol. The lowest BCUT2D eigenvalue weighted by Crippen LogP contribution is -2.09. The van der Waals surface area contributed by atoms with E-state index in [1.807, 2.05) is 19.2 Å². The van der Waals surface area contributed by atoms with Crippen LogP contribution in [0.1, 0.15) is 16.8 Å². The third kappa shape index (κ3) is 5.98. The van der Waals surface area contributed by atoms with Gasteiger partial charge in [-0.3, -0.25) is 0 Å². The standard InChI is InChI=1S/C20H21NO5/c1-3-19(22)25-14-4-13-24-17-9-5-15(6-10-17)20(23)26-18-11-7-16(21-2)8-12-18/h3,5-12,21H,1,4,13-14H2,2H3. The molecule has 2 aromatic rings. The first-order valence-corrected chi connectivity index (χ1v) is 8.14. The van der Waals surface area contributed by atoms with Gasteiger partial charge in [0.15, 0.2) is 0 Å². The van der Waals surface area contributed by atoms with Crippen molar-refractivity contribution in [3.05, 3.63) is 66.7 Å². The van der Waals surface area contributed by atoms with Crippen LogP contribution in [-0.4, -0.2) is 32.2 Å². The molecule has 0 heterocycles. The highest BCUT2D eigenvalue weighted by molar-refractivity contribution is 5.91. The highest BCUT2D eigenvalue weighted by Gasteiger charge is 2.09. The summed E-state index contributed by atoms with van der Waals surface area (Å²) < 4.78 is 15.7. The summed E-state index contributed by atoms with van der Waals surface area (Å²) in [6.45, 7) is 3.98. The lowest BCUT2D eigenvalue weighted by molar-refractivity contribution is -0.137. The van der Waals surface area contributed by atoms with Gasteiger partial charge in [0.05, 0.1) is 18.8 Å². The third-order valence-electron chi connectivity index (χ3n) is 3.41. The van der Waals surface area contributed by atoms with E-state index in [0.717, 1.165) is 11.8 Å². The number of carbonyl (C=O) groups excluding carboxylic acids is 2. The van der Waals surface area contributed by atoms with E-state index < -0.39 is 11.9 Å². The molecule has 0 aliphatic rings. The zero-order valence-electron chi connectivity index (χ0n) is 14.6. The molecule has 0 amide bonds. The second-order valence-electron chi connectivity index (χ2n) is 5.26. The molecule has 6 nitrogen and oxygen atoms in total. The molecule has 6 heteroatoms. The van der Waals surface area contributed by atoms with Crippen LogP contribution in [0.25, 0.3) is 0 Å². The minimum absolute atomic E-state index is 0.265. The first-order valence-electron chi connectivity index (χ1n) is 8.14. The highest BCUT2D eigenvalue weighted by Crippen LogP contribution is 2.18. The number of esters is 2. The average Bonchev–Trinajstić information content (AvgIpc) is 2.68. The van der Waals surface area contributed by atoms with E-state index in [9.17, 15) is 9.59 Å². The Hall–Kier alpha value is -3.28.